The van der Waals surface area contributed by atoms with E-state index in [1.54, 1.807) is 6.92 Å². The number of nitrogens with zero attached hydrogens (tertiary/aromatic N) is 1. The number of hydrogen-bond donors (Lipinski definition) is 1. The fourth-order valence-corrected chi connectivity index (χ4v) is 0.788. The molecule has 1 aromatic heterocycles. The summed E-state index contributed by atoms with van der Waals surface area (Å²) in [6, 6.07) is 0. The van der Waals surface area contributed by atoms with Crippen LogP contribution in [-0.2, 0) is 9.53 Å². The molecule has 0 radical (unpaired) electrons. The molecule has 0 saturated carbocycles. The predicted octanol–water partition coefficient (Wildman–Crippen LogP) is 0.346. The van der Waals surface area contributed by atoms with E-state index in [0.29, 0.717) is 12.3 Å². The summed E-state index contributed by atoms with van der Waals surface area (Å²) in [5, 5.41) is 0. The highest BCUT2D eigenvalue weighted by Gasteiger charge is 1.94. The molecule has 14 heavy (non-hydrogen) atoms. The number of ether oxygens (including phenoxy) is 1. The number of H-pyrrole nitrogens is 1. The van der Waals surface area contributed by atoms with Crippen LogP contribution in [0.1, 0.15) is 12.6 Å². The van der Waals surface area contributed by atoms with Gasteiger partial charge in [-0.15, -0.1) is 0 Å². The fourth-order valence-electron chi connectivity index (χ4n) is 0.788. The molecule has 0 unspecified atom stereocenters. The van der Waals surface area contributed by atoms with Crippen LogP contribution in [0.2, 0.25) is 0 Å². The smallest absolute Gasteiger partial charge is 0.330 e. The van der Waals surface area contributed by atoms with Crippen LogP contribution in [0.15, 0.2) is 23.3 Å². The molecular formula is C9H10N2O3. The van der Waals surface area contributed by atoms with Crippen molar-refractivity contribution >= 4 is 12.0 Å². The van der Waals surface area contributed by atoms with Crippen LogP contribution in [0, 0.1) is 0 Å². The van der Waals surface area contributed by atoms with Gasteiger partial charge in [0.2, 0.25) is 0 Å². The third kappa shape index (κ3) is 3.22. The van der Waals surface area contributed by atoms with E-state index in [2.05, 4.69) is 14.7 Å². The maximum Gasteiger partial charge on any atom is 0.330 e. The van der Waals surface area contributed by atoms with Crippen LogP contribution in [0.5, 0.6) is 0 Å². The second-order valence-corrected chi connectivity index (χ2v) is 2.42. The minimum Gasteiger partial charge on any atom is -0.463 e. The van der Waals surface area contributed by atoms with Crippen molar-refractivity contribution in [3.63, 3.8) is 0 Å². The van der Waals surface area contributed by atoms with Gasteiger partial charge in [-0.25, -0.2) is 9.78 Å². The lowest BCUT2D eigenvalue weighted by Crippen LogP contribution is -2.04. The summed E-state index contributed by atoms with van der Waals surface area (Å²) in [6.07, 6.45) is 5.28. The number of carbonyl (C=O) groups excluding carboxylic acids is 1. The monoisotopic (exact) mass is 194 g/mol. The molecule has 0 bridgehead atoms. The lowest BCUT2D eigenvalue weighted by molar-refractivity contribution is -0.137. The van der Waals surface area contributed by atoms with Gasteiger partial charge in [-0.2, -0.15) is 0 Å². The van der Waals surface area contributed by atoms with Crippen molar-refractivity contribution in [3.8, 4) is 0 Å². The van der Waals surface area contributed by atoms with Crippen LogP contribution in [0.3, 0.4) is 0 Å². The zero-order valence-electron chi connectivity index (χ0n) is 7.69. The van der Waals surface area contributed by atoms with Gasteiger partial charge in [0, 0.05) is 12.3 Å². The Labute approximate surface area is 80.4 Å². The highest BCUT2D eigenvalue weighted by molar-refractivity contribution is 5.86. The Hall–Kier alpha value is -1.91. The molecular weight excluding hydrogens is 184 g/mol. The predicted molar refractivity (Wildman–Crippen MR) is 50.5 cm³/mol. The second-order valence-electron chi connectivity index (χ2n) is 2.42. The first kappa shape index (κ1) is 10.2. The highest BCUT2D eigenvalue weighted by Crippen LogP contribution is 1.92. The quantitative estimate of drug-likeness (QED) is 0.556. The average Bonchev–Trinajstić information content (AvgIpc) is 2.17. The van der Waals surface area contributed by atoms with E-state index in [9.17, 15) is 9.59 Å². The number of hydrogen-bond acceptors (Lipinski definition) is 4. The summed E-state index contributed by atoms with van der Waals surface area (Å²) in [5.74, 6) is -0.430. The van der Waals surface area contributed by atoms with Gasteiger partial charge in [0.05, 0.1) is 18.5 Å². The molecule has 5 heteroatoms. The number of nitrogens with one attached hydrogen (secondary N) is 1. The molecule has 0 atom stereocenters. The molecule has 5 nitrogen and oxygen atoms in total. The van der Waals surface area contributed by atoms with E-state index in [1.807, 2.05) is 0 Å². The SMILES string of the molecule is CCOC(=O)C=Cc1c[nH]c(=O)cn1. The normalized spacial score (nSPS) is 10.4. The molecule has 0 aliphatic carbocycles. The van der Waals surface area contributed by atoms with Gasteiger partial charge in [0.25, 0.3) is 5.56 Å². The van der Waals surface area contributed by atoms with Crippen molar-refractivity contribution in [2.45, 2.75) is 6.92 Å². The van der Waals surface area contributed by atoms with Gasteiger partial charge >= 0.3 is 5.97 Å². The summed E-state index contributed by atoms with van der Waals surface area (Å²) in [5.41, 5.74) is 0.218. The summed E-state index contributed by atoms with van der Waals surface area (Å²) in [4.78, 5) is 27.7. The minimum absolute atomic E-state index is 0.279. The zero-order valence-corrected chi connectivity index (χ0v) is 7.69. The van der Waals surface area contributed by atoms with Gasteiger partial charge in [-0.1, -0.05) is 0 Å². The molecule has 0 aliphatic rings. The fraction of sp³-hybridized carbons (Fsp3) is 0.222. The third-order valence-electron chi connectivity index (χ3n) is 1.37. The largest absolute Gasteiger partial charge is 0.463 e. The first-order valence-corrected chi connectivity index (χ1v) is 4.12. The van der Waals surface area contributed by atoms with E-state index in [0.717, 1.165) is 6.20 Å². The van der Waals surface area contributed by atoms with Crippen LogP contribution in [0.25, 0.3) is 6.08 Å². The Balaban J connectivity index is 2.64. The van der Waals surface area contributed by atoms with Gasteiger partial charge in [-0.3, -0.25) is 4.79 Å². The number of carbonyl (C=O) groups is 1. The second kappa shape index (κ2) is 4.96. The van der Waals surface area contributed by atoms with E-state index in [4.69, 9.17) is 0 Å². The van der Waals surface area contributed by atoms with Crippen molar-refractivity contribution < 1.29 is 9.53 Å². The van der Waals surface area contributed by atoms with Crippen LogP contribution in [0.4, 0.5) is 0 Å². The molecule has 0 spiro atoms. The Morgan fingerprint density at radius 2 is 2.50 bits per heavy atom. The third-order valence-corrected chi connectivity index (χ3v) is 1.37. The summed E-state index contributed by atoms with van der Waals surface area (Å²) >= 11 is 0. The first-order valence-electron chi connectivity index (χ1n) is 4.12. The van der Waals surface area contributed by atoms with Gasteiger partial charge < -0.3 is 9.72 Å². The van der Waals surface area contributed by atoms with E-state index < -0.39 is 5.97 Å². The zero-order chi connectivity index (χ0) is 10.4. The van der Waals surface area contributed by atoms with Crippen LogP contribution < -0.4 is 5.56 Å². The van der Waals surface area contributed by atoms with Crippen molar-refractivity contribution in [2.24, 2.45) is 0 Å². The number of aromatic nitrogens is 2. The molecule has 74 valence electrons. The highest BCUT2D eigenvalue weighted by atomic mass is 16.5. The van der Waals surface area contributed by atoms with Gasteiger partial charge in [-0.05, 0) is 13.0 Å². The van der Waals surface area contributed by atoms with Crippen molar-refractivity contribution in [1.29, 1.82) is 0 Å². The molecule has 0 saturated heterocycles. The Kier molecular flexibility index (Phi) is 3.60. The Morgan fingerprint density at radius 3 is 3.07 bits per heavy atom. The van der Waals surface area contributed by atoms with Gasteiger partial charge in [0.15, 0.2) is 0 Å². The van der Waals surface area contributed by atoms with Crippen molar-refractivity contribution in [3.05, 3.63) is 34.5 Å². The lowest BCUT2D eigenvalue weighted by Gasteiger charge is -1.94. The molecule has 1 heterocycles. The van der Waals surface area contributed by atoms with E-state index >= 15 is 0 Å². The lowest BCUT2D eigenvalue weighted by atomic mass is 10.4. The van der Waals surface area contributed by atoms with Gasteiger partial charge in [0.1, 0.15) is 0 Å². The average molecular weight is 194 g/mol. The molecule has 0 amide bonds. The molecule has 1 N–H and O–H groups in total. The Bertz CT molecular complexity index is 375. The molecule has 0 fully saturated rings. The summed E-state index contributed by atoms with van der Waals surface area (Å²) in [7, 11) is 0. The summed E-state index contributed by atoms with van der Waals surface area (Å²) < 4.78 is 4.66. The number of aromatic amines is 1. The Morgan fingerprint density at radius 1 is 1.71 bits per heavy atom. The van der Waals surface area contributed by atoms with Crippen LogP contribution in [-0.4, -0.2) is 22.5 Å². The topological polar surface area (TPSA) is 72.1 Å². The molecule has 1 rings (SSSR count). The summed E-state index contributed by atoms with van der Waals surface area (Å²) in [6.45, 7) is 2.06. The number of rotatable bonds is 3. The maximum absolute atomic E-state index is 10.9. The van der Waals surface area contributed by atoms with Crippen molar-refractivity contribution in [2.75, 3.05) is 6.61 Å². The maximum atomic E-state index is 10.9. The minimum atomic E-state index is -0.430. The molecule has 1 aromatic rings. The molecule has 0 aliphatic heterocycles. The molecule has 0 aromatic carbocycles. The first-order chi connectivity index (χ1) is 6.72. The number of esters is 1. The van der Waals surface area contributed by atoms with Crippen molar-refractivity contribution in [1.82, 2.24) is 9.97 Å². The van der Waals surface area contributed by atoms with E-state index in [1.165, 1.54) is 18.3 Å². The standard InChI is InChI=1S/C9H10N2O3/c1-2-14-9(13)4-3-7-5-11-8(12)6-10-7/h3-6H,2H2,1H3,(H,11,12). The van der Waals surface area contributed by atoms with E-state index in [-0.39, 0.29) is 5.56 Å². The van der Waals surface area contributed by atoms with Crippen LogP contribution >= 0.6 is 0 Å².